The van der Waals surface area contributed by atoms with E-state index < -0.39 is 0 Å². The fraction of sp³-hybridized carbons (Fsp3) is 0.938. The Hall–Kier alpha value is -0.550. The molecule has 0 radical (unpaired) electrons. The minimum Gasteiger partial charge on any atom is -0.303 e. The largest absolute Gasteiger partial charge is 0.303 e. The summed E-state index contributed by atoms with van der Waals surface area (Å²) in [5.41, 5.74) is 0. The molecule has 2 aliphatic rings. The number of hydrogen-bond donors (Lipinski definition) is 0. The molecular formula is C16H28N2. The maximum absolute atomic E-state index is 8.93. The highest BCUT2D eigenvalue weighted by Gasteiger charge is 2.24. The fourth-order valence-corrected chi connectivity index (χ4v) is 3.69. The SMILES string of the molecule is CN(CCC1CCCCC1)C1CCC(C#N)CC1. The summed E-state index contributed by atoms with van der Waals surface area (Å²) in [6, 6.07) is 3.18. The third kappa shape index (κ3) is 3.99. The van der Waals surface area contributed by atoms with Crippen LogP contribution in [0.3, 0.4) is 0 Å². The van der Waals surface area contributed by atoms with Gasteiger partial charge >= 0.3 is 0 Å². The molecule has 0 N–H and O–H groups in total. The minimum absolute atomic E-state index is 0.341. The minimum atomic E-state index is 0.341. The monoisotopic (exact) mass is 248 g/mol. The van der Waals surface area contributed by atoms with Crippen LogP contribution in [-0.4, -0.2) is 24.5 Å². The Morgan fingerprint density at radius 1 is 1.00 bits per heavy atom. The smallest absolute Gasteiger partial charge is 0.0655 e. The molecule has 0 aromatic heterocycles. The van der Waals surface area contributed by atoms with Crippen molar-refractivity contribution < 1.29 is 0 Å². The molecule has 0 unspecified atom stereocenters. The van der Waals surface area contributed by atoms with Gasteiger partial charge in [0.1, 0.15) is 0 Å². The number of hydrogen-bond acceptors (Lipinski definition) is 2. The molecule has 102 valence electrons. The first-order chi connectivity index (χ1) is 8.79. The van der Waals surface area contributed by atoms with Crippen molar-refractivity contribution in [3.05, 3.63) is 0 Å². The van der Waals surface area contributed by atoms with E-state index in [-0.39, 0.29) is 0 Å². The van der Waals surface area contributed by atoms with Crippen LogP contribution in [0.25, 0.3) is 0 Å². The van der Waals surface area contributed by atoms with Gasteiger partial charge in [-0.15, -0.1) is 0 Å². The van der Waals surface area contributed by atoms with Crippen molar-refractivity contribution >= 4 is 0 Å². The van der Waals surface area contributed by atoms with E-state index in [2.05, 4.69) is 18.0 Å². The van der Waals surface area contributed by atoms with E-state index in [4.69, 9.17) is 5.26 Å². The van der Waals surface area contributed by atoms with E-state index in [0.29, 0.717) is 5.92 Å². The lowest BCUT2D eigenvalue weighted by atomic mass is 9.85. The molecule has 2 heteroatoms. The zero-order valence-corrected chi connectivity index (χ0v) is 11.9. The first kappa shape index (κ1) is 13.9. The molecule has 18 heavy (non-hydrogen) atoms. The topological polar surface area (TPSA) is 27.0 Å². The lowest BCUT2D eigenvalue weighted by molar-refractivity contribution is 0.162. The fourth-order valence-electron chi connectivity index (χ4n) is 3.69. The summed E-state index contributed by atoms with van der Waals surface area (Å²) in [5, 5.41) is 8.93. The summed E-state index contributed by atoms with van der Waals surface area (Å²) in [6.45, 7) is 1.27. The second-order valence-electron chi connectivity index (χ2n) is 6.41. The van der Waals surface area contributed by atoms with Gasteiger partial charge in [0.15, 0.2) is 0 Å². The van der Waals surface area contributed by atoms with Gasteiger partial charge in [-0.25, -0.2) is 0 Å². The molecule has 0 bridgehead atoms. The Labute approximate surface area is 112 Å². The molecule has 0 aromatic carbocycles. The summed E-state index contributed by atoms with van der Waals surface area (Å²) in [7, 11) is 2.29. The molecular weight excluding hydrogens is 220 g/mol. The zero-order valence-electron chi connectivity index (χ0n) is 11.9. The number of rotatable bonds is 4. The Morgan fingerprint density at radius 3 is 2.28 bits per heavy atom. The van der Waals surface area contributed by atoms with Crippen molar-refractivity contribution in [2.24, 2.45) is 11.8 Å². The van der Waals surface area contributed by atoms with Gasteiger partial charge in [0, 0.05) is 12.0 Å². The lowest BCUT2D eigenvalue weighted by Crippen LogP contribution is -2.36. The van der Waals surface area contributed by atoms with Crippen molar-refractivity contribution in [3.63, 3.8) is 0 Å². The molecule has 2 saturated carbocycles. The Morgan fingerprint density at radius 2 is 1.67 bits per heavy atom. The van der Waals surface area contributed by atoms with Crippen molar-refractivity contribution in [2.45, 2.75) is 70.3 Å². The third-order valence-corrected chi connectivity index (χ3v) is 5.12. The molecule has 0 heterocycles. The van der Waals surface area contributed by atoms with Crippen LogP contribution in [0.5, 0.6) is 0 Å². The van der Waals surface area contributed by atoms with Crippen LogP contribution in [0.15, 0.2) is 0 Å². The zero-order chi connectivity index (χ0) is 12.8. The van der Waals surface area contributed by atoms with Crippen molar-refractivity contribution in [1.82, 2.24) is 4.90 Å². The van der Waals surface area contributed by atoms with Gasteiger partial charge in [-0.3, -0.25) is 0 Å². The van der Waals surface area contributed by atoms with Gasteiger partial charge < -0.3 is 4.90 Å². The summed E-state index contributed by atoms with van der Waals surface area (Å²) in [6.07, 6.45) is 13.4. The average molecular weight is 248 g/mol. The molecule has 0 atom stereocenters. The van der Waals surface area contributed by atoms with E-state index in [1.807, 2.05) is 0 Å². The molecule has 0 aromatic rings. The highest BCUT2D eigenvalue weighted by atomic mass is 15.1. The van der Waals surface area contributed by atoms with Gasteiger partial charge in [-0.1, -0.05) is 32.1 Å². The van der Waals surface area contributed by atoms with Crippen LogP contribution in [0.2, 0.25) is 0 Å². The van der Waals surface area contributed by atoms with Crippen molar-refractivity contribution in [1.29, 1.82) is 5.26 Å². The molecule has 2 fully saturated rings. The molecule has 2 rings (SSSR count). The highest BCUT2D eigenvalue weighted by molar-refractivity contribution is 4.89. The average Bonchev–Trinajstić information content (AvgIpc) is 2.46. The lowest BCUT2D eigenvalue weighted by Gasteiger charge is -2.34. The van der Waals surface area contributed by atoms with Crippen molar-refractivity contribution in [3.8, 4) is 6.07 Å². The molecule has 0 spiro atoms. The first-order valence-electron chi connectivity index (χ1n) is 7.89. The number of nitrogens with zero attached hydrogens (tertiary/aromatic N) is 2. The molecule has 2 nitrogen and oxygen atoms in total. The van der Waals surface area contributed by atoms with E-state index >= 15 is 0 Å². The maximum atomic E-state index is 8.93. The van der Waals surface area contributed by atoms with E-state index in [1.54, 1.807) is 0 Å². The molecule has 0 saturated heterocycles. The second kappa shape index (κ2) is 7.14. The maximum Gasteiger partial charge on any atom is 0.0655 e. The summed E-state index contributed by atoms with van der Waals surface area (Å²) in [5.74, 6) is 1.34. The number of nitriles is 1. The van der Waals surface area contributed by atoms with Gasteiger partial charge in [0.05, 0.1) is 6.07 Å². The first-order valence-corrected chi connectivity index (χ1v) is 7.89. The van der Waals surface area contributed by atoms with E-state index in [9.17, 15) is 0 Å². The van der Waals surface area contributed by atoms with E-state index in [0.717, 1.165) is 24.8 Å². The van der Waals surface area contributed by atoms with Crippen LogP contribution in [0, 0.1) is 23.2 Å². The van der Waals surface area contributed by atoms with Gasteiger partial charge in [0.2, 0.25) is 0 Å². The third-order valence-electron chi connectivity index (χ3n) is 5.12. The van der Waals surface area contributed by atoms with E-state index in [1.165, 1.54) is 57.9 Å². The Balaban J connectivity index is 1.65. The van der Waals surface area contributed by atoms with Gasteiger partial charge in [-0.2, -0.15) is 5.26 Å². The molecule has 2 aliphatic carbocycles. The van der Waals surface area contributed by atoms with Gasteiger partial charge in [-0.05, 0) is 51.6 Å². The normalized spacial score (nSPS) is 30.3. The van der Waals surface area contributed by atoms with Crippen LogP contribution < -0.4 is 0 Å². The molecule has 0 amide bonds. The summed E-state index contributed by atoms with van der Waals surface area (Å²) >= 11 is 0. The van der Waals surface area contributed by atoms with Crippen LogP contribution in [-0.2, 0) is 0 Å². The molecule has 0 aliphatic heterocycles. The highest BCUT2D eigenvalue weighted by Crippen LogP contribution is 2.29. The summed E-state index contributed by atoms with van der Waals surface area (Å²) < 4.78 is 0. The quantitative estimate of drug-likeness (QED) is 0.752. The summed E-state index contributed by atoms with van der Waals surface area (Å²) in [4.78, 5) is 2.57. The van der Waals surface area contributed by atoms with Crippen LogP contribution >= 0.6 is 0 Å². The Bertz CT molecular complexity index is 267. The standard InChI is InChI=1S/C16H28N2/c1-18(12-11-14-5-3-2-4-6-14)16-9-7-15(13-17)8-10-16/h14-16H,2-12H2,1H3. The van der Waals surface area contributed by atoms with Crippen molar-refractivity contribution in [2.75, 3.05) is 13.6 Å². The second-order valence-corrected chi connectivity index (χ2v) is 6.41. The van der Waals surface area contributed by atoms with Crippen LogP contribution in [0.1, 0.15) is 64.2 Å². The van der Waals surface area contributed by atoms with Crippen LogP contribution in [0.4, 0.5) is 0 Å². The predicted octanol–water partition coefficient (Wildman–Crippen LogP) is 3.97. The van der Waals surface area contributed by atoms with Gasteiger partial charge in [0.25, 0.3) is 0 Å². The predicted molar refractivity (Wildman–Crippen MR) is 75.2 cm³/mol. The Kier molecular flexibility index (Phi) is 5.50.